The molecule has 0 aromatic heterocycles. The van der Waals surface area contributed by atoms with E-state index in [9.17, 15) is 0 Å². The van der Waals surface area contributed by atoms with Crippen molar-refractivity contribution in [3.63, 3.8) is 0 Å². The third-order valence-electron chi connectivity index (χ3n) is 2.37. The van der Waals surface area contributed by atoms with Crippen LogP contribution in [0.2, 0.25) is 0 Å². The van der Waals surface area contributed by atoms with Crippen molar-refractivity contribution in [2.24, 2.45) is 0 Å². The third-order valence-corrected chi connectivity index (χ3v) is 2.37. The van der Waals surface area contributed by atoms with Crippen LogP contribution in [0.3, 0.4) is 0 Å². The fourth-order valence-electron chi connectivity index (χ4n) is 1.49. The highest BCUT2D eigenvalue weighted by Crippen LogP contribution is 1.99. The first kappa shape index (κ1) is 13.9. The van der Waals surface area contributed by atoms with E-state index < -0.39 is 0 Å². The summed E-state index contributed by atoms with van der Waals surface area (Å²) in [6.07, 6.45) is 5.34. The van der Waals surface area contributed by atoms with Crippen molar-refractivity contribution in [1.29, 1.82) is 0 Å². The van der Waals surface area contributed by atoms with Gasteiger partial charge in [0.1, 0.15) is 0 Å². The SMILES string of the molecule is OCCNCCCNC/C=C/c1ccccc1. The molecular formula is C14H22N2O. The van der Waals surface area contributed by atoms with Crippen LogP contribution in [0.4, 0.5) is 0 Å². The number of nitrogens with one attached hydrogen (secondary N) is 2. The average molecular weight is 234 g/mol. The summed E-state index contributed by atoms with van der Waals surface area (Å²) in [5.41, 5.74) is 1.24. The third kappa shape index (κ3) is 7.69. The number of aliphatic hydroxyl groups is 1. The van der Waals surface area contributed by atoms with Gasteiger partial charge in [0.25, 0.3) is 0 Å². The van der Waals surface area contributed by atoms with Gasteiger partial charge >= 0.3 is 0 Å². The van der Waals surface area contributed by atoms with Crippen LogP contribution in [0.1, 0.15) is 12.0 Å². The van der Waals surface area contributed by atoms with E-state index in [0.717, 1.165) is 26.1 Å². The lowest BCUT2D eigenvalue weighted by Gasteiger charge is -2.03. The van der Waals surface area contributed by atoms with E-state index in [1.54, 1.807) is 0 Å². The van der Waals surface area contributed by atoms with Crippen molar-refractivity contribution in [3.05, 3.63) is 42.0 Å². The van der Waals surface area contributed by atoms with E-state index in [2.05, 4.69) is 34.9 Å². The average Bonchev–Trinajstić information content (AvgIpc) is 2.38. The number of benzene rings is 1. The zero-order valence-corrected chi connectivity index (χ0v) is 10.2. The molecule has 3 nitrogen and oxygen atoms in total. The Labute approximate surface area is 104 Å². The summed E-state index contributed by atoms with van der Waals surface area (Å²) < 4.78 is 0. The lowest BCUT2D eigenvalue weighted by Crippen LogP contribution is -2.24. The normalized spacial score (nSPS) is 11.1. The van der Waals surface area contributed by atoms with Crippen molar-refractivity contribution in [2.45, 2.75) is 6.42 Å². The Bertz CT molecular complexity index is 298. The summed E-state index contributed by atoms with van der Waals surface area (Å²) in [6.45, 7) is 3.75. The Hall–Kier alpha value is -1.16. The molecule has 1 aromatic rings. The standard InChI is InChI=1S/C14H22N2O/c17-13-12-16-11-5-10-15-9-4-8-14-6-2-1-3-7-14/h1-4,6-8,15-17H,5,9-13H2/b8-4+. The van der Waals surface area contributed by atoms with Gasteiger partial charge < -0.3 is 15.7 Å². The highest BCUT2D eigenvalue weighted by Gasteiger charge is 1.87. The molecule has 0 unspecified atom stereocenters. The second-order valence-corrected chi connectivity index (χ2v) is 3.84. The van der Waals surface area contributed by atoms with Crippen LogP contribution in [-0.4, -0.2) is 37.9 Å². The largest absolute Gasteiger partial charge is 0.395 e. The molecule has 0 aliphatic carbocycles. The predicted molar refractivity (Wildman–Crippen MR) is 72.9 cm³/mol. The van der Waals surface area contributed by atoms with Crippen LogP contribution >= 0.6 is 0 Å². The van der Waals surface area contributed by atoms with Crippen LogP contribution in [0.25, 0.3) is 6.08 Å². The van der Waals surface area contributed by atoms with Gasteiger partial charge in [0.05, 0.1) is 6.61 Å². The van der Waals surface area contributed by atoms with Crippen LogP contribution in [0.5, 0.6) is 0 Å². The van der Waals surface area contributed by atoms with Crippen LogP contribution in [0.15, 0.2) is 36.4 Å². The van der Waals surface area contributed by atoms with Gasteiger partial charge in [-0.15, -0.1) is 0 Å². The second kappa shape index (κ2) is 10.0. The second-order valence-electron chi connectivity index (χ2n) is 3.84. The van der Waals surface area contributed by atoms with Gasteiger partial charge in [0.2, 0.25) is 0 Å². The molecule has 0 bridgehead atoms. The zero-order chi connectivity index (χ0) is 12.2. The Kier molecular flexibility index (Phi) is 8.20. The van der Waals surface area contributed by atoms with E-state index >= 15 is 0 Å². The highest BCUT2D eigenvalue weighted by atomic mass is 16.3. The van der Waals surface area contributed by atoms with Gasteiger partial charge in [-0.25, -0.2) is 0 Å². The maximum atomic E-state index is 8.56. The molecule has 1 aromatic carbocycles. The van der Waals surface area contributed by atoms with Gasteiger partial charge in [0, 0.05) is 13.1 Å². The maximum Gasteiger partial charge on any atom is 0.0555 e. The van der Waals surface area contributed by atoms with Crippen molar-refractivity contribution in [1.82, 2.24) is 10.6 Å². The molecule has 0 atom stereocenters. The van der Waals surface area contributed by atoms with Crippen LogP contribution in [0, 0.1) is 0 Å². The molecule has 0 aliphatic heterocycles. The number of rotatable bonds is 9. The molecule has 0 saturated carbocycles. The summed E-state index contributed by atoms with van der Waals surface area (Å²) in [5, 5.41) is 15.0. The molecule has 3 heteroatoms. The van der Waals surface area contributed by atoms with E-state index in [-0.39, 0.29) is 6.61 Å². The number of hydrogen-bond donors (Lipinski definition) is 3. The summed E-state index contributed by atoms with van der Waals surface area (Å²) in [7, 11) is 0. The number of hydrogen-bond acceptors (Lipinski definition) is 3. The fraction of sp³-hybridized carbons (Fsp3) is 0.429. The van der Waals surface area contributed by atoms with Gasteiger partial charge in [-0.2, -0.15) is 0 Å². The maximum absolute atomic E-state index is 8.56. The van der Waals surface area contributed by atoms with Crippen molar-refractivity contribution >= 4 is 6.08 Å². The summed E-state index contributed by atoms with van der Waals surface area (Å²) in [4.78, 5) is 0. The molecule has 0 saturated heterocycles. The first-order valence-electron chi connectivity index (χ1n) is 6.17. The zero-order valence-electron chi connectivity index (χ0n) is 10.2. The molecule has 3 N–H and O–H groups in total. The van der Waals surface area contributed by atoms with Crippen LogP contribution < -0.4 is 10.6 Å². The fourth-order valence-corrected chi connectivity index (χ4v) is 1.49. The molecule has 1 rings (SSSR count). The summed E-state index contributed by atoms with van der Waals surface area (Å²) in [5.74, 6) is 0. The van der Waals surface area contributed by atoms with Crippen molar-refractivity contribution in [3.8, 4) is 0 Å². The Morgan fingerprint density at radius 2 is 1.76 bits per heavy atom. The predicted octanol–water partition coefficient (Wildman–Crippen LogP) is 1.26. The quantitative estimate of drug-likeness (QED) is 0.564. The Morgan fingerprint density at radius 3 is 2.53 bits per heavy atom. The van der Waals surface area contributed by atoms with Crippen LogP contribution in [-0.2, 0) is 0 Å². The van der Waals surface area contributed by atoms with Crippen molar-refractivity contribution in [2.75, 3.05) is 32.8 Å². The van der Waals surface area contributed by atoms with Gasteiger partial charge in [-0.3, -0.25) is 0 Å². The minimum Gasteiger partial charge on any atom is -0.395 e. The Balaban J connectivity index is 1.95. The van der Waals surface area contributed by atoms with Gasteiger partial charge in [-0.05, 0) is 25.1 Å². The van der Waals surface area contributed by atoms with Crippen molar-refractivity contribution < 1.29 is 5.11 Å². The summed E-state index contributed by atoms with van der Waals surface area (Å²) >= 11 is 0. The topological polar surface area (TPSA) is 44.3 Å². The summed E-state index contributed by atoms with van der Waals surface area (Å²) in [6, 6.07) is 10.3. The molecule has 0 fully saturated rings. The minimum absolute atomic E-state index is 0.216. The molecular weight excluding hydrogens is 212 g/mol. The molecule has 94 valence electrons. The molecule has 0 heterocycles. The molecule has 0 radical (unpaired) electrons. The van der Waals surface area contributed by atoms with E-state index in [0.29, 0.717) is 6.54 Å². The Morgan fingerprint density at radius 1 is 1.00 bits per heavy atom. The smallest absolute Gasteiger partial charge is 0.0555 e. The molecule has 0 aliphatic rings. The molecule has 0 spiro atoms. The highest BCUT2D eigenvalue weighted by molar-refractivity contribution is 5.48. The first-order valence-corrected chi connectivity index (χ1v) is 6.17. The molecule has 0 amide bonds. The van der Waals surface area contributed by atoms with E-state index in [4.69, 9.17) is 5.11 Å². The minimum atomic E-state index is 0.216. The van der Waals surface area contributed by atoms with E-state index in [1.807, 2.05) is 18.2 Å². The molecule has 17 heavy (non-hydrogen) atoms. The lowest BCUT2D eigenvalue weighted by atomic mass is 10.2. The first-order chi connectivity index (χ1) is 8.43. The van der Waals surface area contributed by atoms with Gasteiger partial charge in [0.15, 0.2) is 0 Å². The van der Waals surface area contributed by atoms with E-state index in [1.165, 1.54) is 5.56 Å². The lowest BCUT2D eigenvalue weighted by molar-refractivity contribution is 0.292. The number of aliphatic hydroxyl groups excluding tert-OH is 1. The monoisotopic (exact) mass is 234 g/mol. The van der Waals surface area contributed by atoms with Gasteiger partial charge in [-0.1, -0.05) is 42.5 Å².